The SMILES string of the molecule is CC(C)CC(C)COCCN(CCOCC(C)CC(C)C)C(=O)CCC(=O)O. The summed E-state index contributed by atoms with van der Waals surface area (Å²) in [5, 5.41) is 8.82. The van der Waals surface area contributed by atoms with Gasteiger partial charge in [0.25, 0.3) is 0 Å². The van der Waals surface area contributed by atoms with Crippen molar-refractivity contribution in [1.29, 1.82) is 0 Å². The third kappa shape index (κ3) is 15.9. The lowest BCUT2D eigenvalue weighted by molar-refractivity contribution is -0.141. The van der Waals surface area contributed by atoms with Crippen molar-refractivity contribution in [3.05, 3.63) is 0 Å². The van der Waals surface area contributed by atoms with E-state index in [1.165, 1.54) is 0 Å². The molecule has 0 saturated heterocycles. The number of hydrogen-bond acceptors (Lipinski definition) is 4. The number of ether oxygens (including phenoxy) is 2. The number of carbonyl (C=O) groups excluding carboxylic acids is 1. The number of hydrogen-bond donors (Lipinski definition) is 1. The standard InChI is InChI=1S/C22H43NO5/c1-17(2)13-19(5)15-27-11-9-23(21(24)7-8-22(25)26)10-12-28-16-20(6)14-18(3)4/h17-20H,7-16H2,1-6H3,(H,25,26). The van der Waals surface area contributed by atoms with Crippen molar-refractivity contribution in [3.63, 3.8) is 0 Å². The Bertz CT molecular complexity index is 401. The molecule has 0 rings (SSSR count). The summed E-state index contributed by atoms with van der Waals surface area (Å²) in [6, 6.07) is 0. The van der Waals surface area contributed by atoms with E-state index in [0.717, 1.165) is 12.8 Å². The largest absolute Gasteiger partial charge is 0.481 e. The summed E-state index contributed by atoms with van der Waals surface area (Å²) in [7, 11) is 0. The normalized spacial score (nSPS) is 13.7. The van der Waals surface area contributed by atoms with Gasteiger partial charge < -0.3 is 19.5 Å². The van der Waals surface area contributed by atoms with Crippen molar-refractivity contribution in [2.45, 2.75) is 67.2 Å². The minimum atomic E-state index is -0.953. The highest BCUT2D eigenvalue weighted by atomic mass is 16.5. The predicted molar refractivity (Wildman–Crippen MR) is 112 cm³/mol. The zero-order valence-electron chi connectivity index (χ0n) is 18.9. The van der Waals surface area contributed by atoms with Gasteiger partial charge in [0.2, 0.25) is 5.91 Å². The number of nitrogens with zero attached hydrogens (tertiary/aromatic N) is 1. The van der Waals surface area contributed by atoms with Crippen molar-refractivity contribution in [2.75, 3.05) is 39.5 Å². The van der Waals surface area contributed by atoms with Crippen molar-refractivity contribution in [3.8, 4) is 0 Å². The molecule has 0 fully saturated rings. The fourth-order valence-electron chi connectivity index (χ4n) is 3.40. The van der Waals surface area contributed by atoms with Gasteiger partial charge in [-0.2, -0.15) is 0 Å². The Kier molecular flexibility index (Phi) is 15.1. The van der Waals surface area contributed by atoms with Crippen LogP contribution in [0.5, 0.6) is 0 Å². The Balaban J connectivity index is 4.31. The molecule has 1 amide bonds. The highest BCUT2D eigenvalue weighted by molar-refractivity contribution is 5.80. The molecule has 0 aromatic heterocycles. The number of carbonyl (C=O) groups is 2. The maximum Gasteiger partial charge on any atom is 0.303 e. The van der Waals surface area contributed by atoms with Crippen molar-refractivity contribution in [2.24, 2.45) is 23.7 Å². The second kappa shape index (κ2) is 15.7. The van der Waals surface area contributed by atoms with Gasteiger partial charge in [-0.05, 0) is 36.5 Å². The molecule has 0 bridgehead atoms. The number of aliphatic carboxylic acids is 1. The summed E-state index contributed by atoms with van der Waals surface area (Å²) in [5.74, 6) is 1.15. The summed E-state index contributed by atoms with van der Waals surface area (Å²) in [6.07, 6.45) is 2.10. The first kappa shape index (κ1) is 26.9. The van der Waals surface area contributed by atoms with Gasteiger partial charge in [-0.1, -0.05) is 41.5 Å². The number of rotatable bonds is 17. The molecule has 166 valence electrons. The van der Waals surface area contributed by atoms with E-state index >= 15 is 0 Å². The van der Waals surface area contributed by atoms with E-state index in [9.17, 15) is 9.59 Å². The molecule has 0 aliphatic rings. The molecule has 0 aromatic rings. The fraction of sp³-hybridized carbons (Fsp3) is 0.909. The Hall–Kier alpha value is -1.14. The van der Waals surface area contributed by atoms with Crippen molar-refractivity contribution in [1.82, 2.24) is 4.90 Å². The van der Waals surface area contributed by atoms with Gasteiger partial charge in [0.05, 0.1) is 19.6 Å². The van der Waals surface area contributed by atoms with Crippen LogP contribution in [0.25, 0.3) is 0 Å². The van der Waals surface area contributed by atoms with Gasteiger partial charge in [-0.25, -0.2) is 0 Å². The van der Waals surface area contributed by atoms with Crippen LogP contribution in [0.1, 0.15) is 67.2 Å². The quantitative estimate of drug-likeness (QED) is 0.372. The number of amides is 1. The smallest absolute Gasteiger partial charge is 0.303 e. The van der Waals surface area contributed by atoms with Crippen LogP contribution in [0.15, 0.2) is 0 Å². The Morgan fingerprint density at radius 2 is 1.21 bits per heavy atom. The molecule has 2 unspecified atom stereocenters. The topological polar surface area (TPSA) is 76.1 Å². The lowest BCUT2D eigenvalue weighted by atomic mass is 10.00. The highest BCUT2D eigenvalue weighted by Gasteiger charge is 2.15. The molecule has 2 atom stereocenters. The zero-order chi connectivity index (χ0) is 21.5. The monoisotopic (exact) mass is 401 g/mol. The number of carboxylic acids is 1. The van der Waals surface area contributed by atoms with E-state index in [1.807, 2.05) is 0 Å². The molecule has 0 aliphatic carbocycles. The van der Waals surface area contributed by atoms with Crippen LogP contribution in [-0.2, 0) is 19.1 Å². The molecule has 0 spiro atoms. The van der Waals surface area contributed by atoms with Gasteiger partial charge >= 0.3 is 5.97 Å². The Labute approximate surface area is 172 Å². The first-order chi connectivity index (χ1) is 13.1. The minimum absolute atomic E-state index is 0.0167. The summed E-state index contributed by atoms with van der Waals surface area (Å²) in [4.78, 5) is 24.8. The van der Waals surface area contributed by atoms with E-state index in [4.69, 9.17) is 14.6 Å². The van der Waals surface area contributed by atoms with E-state index in [2.05, 4.69) is 41.5 Å². The Morgan fingerprint density at radius 1 is 0.786 bits per heavy atom. The molecule has 0 aromatic carbocycles. The van der Waals surface area contributed by atoms with Crippen LogP contribution in [-0.4, -0.2) is 61.4 Å². The maximum atomic E-state index is 12.3. The van der Waals surface area contributed by atoms with Gasteiger partial charge in [0, 0.05) is 32.7 Å². The van der Waals surface area contributed by atoms with Crippen LogP contribution in [0.3, 0.4) is 0 Å². The first-order valence-electron chi connectivity index (χ1n) is 10.8. The van der Waals surface area contributed by atoms with Gasteiger partial charge in [-0.3, -0.25) is 9.59 Å². The highest BCUT2D eigenvalue weighted by Crippen LogP contribution is 2.12. The third-order valence-corrected chi connectivity index (χ3v) is 4.47. The fourth-order valence-corrected chi connectivity index (χ4v) is 3.40. The second-order valence-corrected chi connectivity index (χ2v) is 8.89. The summed E-state index contributed by atoms with van der Waals surface area (Å²) < 4.78 is 11.5. The maximum absolute atomic E-state index is 12.3. The van der Waals surface area contributed by atoms with Crippen molar-refractivity contribution >= 4 is 11.9 Å². The molecule has 1 N–H and O–H groups in total. The molecular weight excluding hydrogens is 358 g/mol. The van der Waals surface area contributed by atoms with E-state index in [1.54, 1.807) is 4.90 Å². The van der Waals surface area contributed by atoms with Crippen LogP contribution >= 0.6 is 0 Å². The molecule has 0 saturated carbocycles. The molecule has 0 heterocycles. The average Bonchev–Trinajstić information content (AvgIpc) is 2.56. The van der Waals surface area contributed by atoms with Crippen LogP contribution in [0.4, 0.5) is 0 Å². The lowest BCUT2D eigenvalue weighted by Crippen LogP contribution is -2.37. The minimum Gasteiger partial charge on any atom is -0.481 e. The van der Waals surface area contributed by atoms with E-state index in [-0.39, 0.29) is 18.7 Å². The summed E-state index contributed by atoms with van der Waals surface area (Å²) in [6.45, 7) is 16.3. The zero-order valence-corrected chi connectivity index (χ0v) is 18.9. The second-order valence-electron chi connectivity index (χ2n) is 8.89. The first-order valence-corrected chi connectivity index (χ1v) is 10.8. The van der Waals surface area contributed by atoms with E-state index < -0.39 is 5.97 Å². The third-order valence-electron chi connectivity index (χ3n) is 4.47. The van der Waals surface area contributed by atoms with Gasteiger partial charge in [0.1, 0.15) is 0 Å². The van der Waals surface area contributed by atoms with Crippen LogP contribution < -0.4 is 0 Å². The Morgan fingerprint density at radius 3 is 1.57 bits per heavy atom. The molecular formula is C22H43NO5. The van der Waals surface area contributed by atoms with Crippen LogP contribution in [0.2, 0.25) is 0 Å². The molecule has 28 heavy (non-hydrogen) atoms. The van der Waals surface area contributed by atoms with Crippen LogP contribution in [0, 0.1) is 23.7 Å². The lowest BCUT2D eigenvalue weighted by Gasteiger charge is -2.24. The molecule has 0 aliphatic heterocycles. The summed E-state index contributed by atoms with van der Waals surface area (Å²) in [5.41, 5.74) is 0. The van der Waals surface area contributed by atoms with Gasteiger partial charge in [-0.15, -0.1) is 0 Å². The summed E-state index contributed by atoms with van der Waals surface area (Å²) >= 11 is 0. The number of carboxylic acid groups (broad SMARTS) is 1. The molecule has 0 radical (unpaired) electrons. The molecule has 6 nitrogen and oxygen atoms in total. The van der Waals surface area contributed by atoms with E-state index in [0.29, 0.717) is 63.2 Å². The average molecular weight is 402 g/mol. The predicted octanol–water partition coefficient (Wildman–Crippen LogP) is 4.08. The van der Waals surface area contributed by atoms with Crippen molar-refractivity contribution < 1.29 is 24.2 Å². The van der Waals surface area contributed by atoms with Gasteiger partial charge in [0.15, 0.2) is 0 Å². The molecule has 6 heteroatoms.